The van der Waals surface area contributed by atoms with Crippen molar-refractivity contribution in [3.8, 4) is 11.5 Å². The smallest absolute Gasteiger partial charge is 0.314 e. The molecule has 0 saturated heterocycles. The van der Waals surface area contributed by atoms with Gasteiger partial charge in [0, 0.05) is 18.1 Å². The number of halogens is 3. The average Bonchev–Trinajstić information content (AvgIpc) is 3.16. The Bertz CT molecular complexity index is 1010. The Morgan fingerprint density at radius 1 is 1.21 bits per heavy atom. The van der Waals surface area contributed by atoms with Gasteiger partial charge in [0.1, 0.15) is 5.82 Å². The molecule has 3 aromatic rings. The average molecular weight is 414 g/mol. The first-order valence-corrected chi connectivity index (χ1v) is 9.65. The van der Waals surface area contributed by atoms with Gasteiger partial charge in [0.2, 0.25) is 15.9 Å². The molecule has 150 valence electrons. The summed E-state index contributed by atoms with van der Waals surface area (Å²) in [6, 6.07) is 7.40. The molecule has 0 fully saturated rings. The largest absolute Gasteiger partial charge is 0.415 e. The van der Waals surface area contributed by atoms with Crippen molar-refractivity contribution in [2.45, 2.75) is 20.3 Å². The van der Waals surface area contributed by atoms with Gasteiger partial charge in [0.05, 0.1) is 11.3 Å². The van der Waals surface area contributed by atoms with Gasteiger partial charge in [-0.2, -0.15) is 8.78 Å². The van der Waals surface area contributed by atoms with Crippen molar-refractivity contribution >= 4 is 15.7 Å². The molecule has 1 aromatic carbocycles. The van der Waals surface area contributed by atoms with Crippen LogP contribution in [0, 0.1) is 12.7 Å². The second-order valence-electron chi connectivity index (χ2n) is 5.46. The zero-order valence-corrected chi connectivity index (χ0v) is 15.8. The van der Waals surface area contributed by atoms with Gasteiger partial charge in [0.15, 0.2) is 0 Å². The Kier molecular flexibility index (Phi) is 7.10. The van der Waals surface area contributed by atoms with Gasteiger partial charge >= 0.3 is 6.43 Å². The van der Waals surface area contributed by atoms with Crippen LogP contribution in [0.25, 0.3) is 11.5 Å². The van der Waals surface area contributed by atoms with E-state index in [0.717, 1.165) is 0 Å². The summed E-state index contributed by atoms with van der Waals surface area (Å²) in [5.74, 6) is -0.967. The molecule has 28 heavy (non-hydrogen) atoms. The number of pyridine rings is 1. The van der Waals surface area contributed by atoms with E-state index >= 15 is 0 Å². The lowest BCUT2D eigenvalue weighted by Crippen LogP contribution is -2.14. The van der Waals surface area contributed by atoms with Crippen molar-refractivity contribution < 1.29 is 26.0 Å². The molecule has 0 aliphatic carbocycles. The molecule has 2 heterocycles. The lowest BCUT2D eigenvalue weighted by Gasteiger charge is -2.06. The van der Waals surface area contributed by atoms with E-state index in [1.165, 1.54) is 24.4 Å². The standard InChI is InChI=1S/C9H12FNO2S.C8H5F2N3O/c1-3-14(12,13)11-8-4-5-9(10)7(2)6-8;9-6(10)8-13-12-7(14-8)5-2-1-3-11-4-5/h4-6,11H,3H2,1-2H3;1-4,6H. The lowest BCUT2D eigenvalue weighted by atomic mass is 10.2. The number of nitrogens with zero attached hydrogens (tertiary/aromatic N) is 3. The van der Waals surface area contributed by atoms with Crippen LogP contribution in [0.4, 0.5) is 18.9 Å². The van der Waals surface area contributed by atoms with E-state index in [-0.39, 0.29) is 17.5 Å². The minimum absolute atomic E-state index is 0.00340. The van der Waals surface area contributed by atoms with Crippen molar-refractivity contribution in [3.05, 3.63) is 60.0 Å². The van der Waals surface area contributed by atoms with Crippen LogP contribution in [0.3, 0.4) is 0 Å². The molecule has 0 amide bonds. The number of rotatable bonds is 5. The first-order chi connectivity index (χ1) is 13.2. The number of aryl methyl sites for hydroxylation is 1. The van der Waals surface area contributed by atoms with Gasteiger partial charge in [-0.15, -0.1) is 10.2 Å². The van der Waals surface area contributed by atoms with Crippen LogP contribution in [-0.4, -0.2) is 29.4 Å². The molecule has 2 aromatic heterocycles. The van der Waals surface area contributed by atoms with E-state index < -0.39 is 22.3 Å². The van der Waals surface area contributed by atoms with Crippen molar-refractivity contribution in [2.75, 3.05) is 10.5 Å². The molecule has 0 aliphatic rings. The van der Waals surface area contributed by atoms with Crippen LogP contribution in [0.1, 0.15) is 24.8 Å². The molecular weight excluding hydrogens is 397 g/mol. The molecule has 0 bridgehead atoms. The SMILES string of the molecule is CCS(=O)(=O)Nc1ccc(F)c(C)c1.FC(F)c1nnc(-c2cccnc2)o1. The predicted molar refractivity (Wildman–Crippen MR) is 96.7 cm³/mol. The van der Waals surface area contributed by atoms with Crippen molar-refractivity contribution in [2.24, 2.45) is 0 Å². The number of aromatic nitrogens is 3. The highest BCUT2D eigenvalue weighted by Crippen LogP contribution is 2.22. The van der Waals surface area contributed by atoms with Crippen LogP contribution in [0.2, 0.25) is 0 Å². The van der Waals surface area contributed by atoms with Gasteiger partial charge in [-0.25, -0.2) is 12.8 Å². The van der Waals surface area contributed by atoms with Crippen molar-refractivity contribution in [1.82, 2.24) is 15.2 Å². The molecule has 0 unspecified atom stereocenters. The zero-order valence-electron chi connectivity index (χ0n) is 14.9. The fourth-order valence-corrected chi connectivity index (χ4v) is 2.52. The molecule has 0 saturated carbocycles. The molecule has 0 aliphatic heterocycles. The monoisotopic (exact) mass is 414 g/mol. The first-order valence-electron chi connectivity index (χ1n) is 8.00. The summed E-state index contributed by atoms with van der Waals surface area (Å²) < 4.78 is 66.4. The third-order valence-corrected chi connectivity index (χ3v) is 4.65. The Balaban J connectivity index is 0.000000200. The van der Waals surface area contributed by atoms with Gasteiger partial charge in [-0.3, -0.25) is 9.71 Å². The molecule has 3 rings (SSSR count). The fourth-order valence-electron chi connectivity index (χ4n) is 1.89. The second kappa shape index (κ2) is 9.31. The predicted octanol–water partition coefficient (Wildman–Crippen LogP) is 3.96. The summed E-state index contributed by atoms with van der Waals surface area (Å²) in [5.41, 5.74) is 1.33. The Hall–Kier alpha value is -2.95. The minimum atomic E-state index is -3.27. The highest BCUT2D eigenvalue weighted by Gasteiger charge is 2.16. The fraction of sp³-hybridized carbons (Fsp3) is 0.235. The number of sulfonamides is 1. The van der Waals surface area contributed by atoms with Gasteiger partial charge in [-0.1, -0.05) is 0 Å². The van der Waals surface area contributed by atoms with E-state index in [4.69, 9.17) is 4.42 Å². The summed E-state index contributed by atoms with van der Waals surface area (Å²) >= 11 is 0. The zero-order chi connectivity index (χ0) is 20.7. The number of hydrogen-bond donors (Lipinski definition) is 1. The molecule has 1 N–H and O–H groups in total. The highest BCUT2D eigenvalue weighted by molar-refractivity contribution is 7.92. The molecular formula is C17H17F3N4O3S. The maximum atomic E-state index is 12.8. The van der Waals surface area contributed by atoms with Gasteiger partial charge in [-0.05, 0) is 49.7 Å². The lowest BCUT2D eigenvalue weighted by molar-refractivity contribution is 0.116. The maximum absolute atomic E-state index is 12.8. The van der Waals surface area contributed by atoms with Crippen molar-refractivity contribution in [1.29, 1.82) is 0 Å². The normalized spacial score (nSPS) is 11.1. The molecule has 0 atom stereocenters. The van der Waals surface area contributed by atoms with Crippen LogP contribution < -0.4 is 4.72 Å². The van der Waals surface area contributed by atoms with Crippen molar-refractivity contribution in [3.63, 3.8) is 0 Å². The third kappa shape index (κ3) is 6.05. The molecule has 0 radical (unpaired) electrons. The Morgan fingerprint density at radius 2 is 1.96 bits per heavy atom. The third-order valence-electron chi connectivity index (χ3n) is 3.35. The molecule has 0 spiro atoms. The second-order valence-corrected chi connectivity index (χ2v) is 7.47. The minimum Gasteiger partial charge on any atom is -0.415 e. The number of benzene rings is 1. The van der Waals surface area contributed by atoms with Crippen LogP contribution in [0.5, 0.6) is 0 Å². The Labute approximate surface area is 159 Å². The number of hydrogen-bond acceptors (Lipinski definition) is 6. The summed E-state index contributed by atoms with van der Waals surface area (Å²) in [7, 11) is -3.27. The number of anilines is 1. The van der Waals surface area contributed by atoms with E-state index in [0.29, 0.717) is 16.8 Å². The topological polar surface area (TPSA) is 98.0 Å². The van der Waals surface area contributed by atoms with Crippen LogP contribution >= 0.6 is 0 Å². The summed E-state index contributed by atoms with van der Waals surface area (Å²) in [6.45, 7) is 3.12. The summed E-state index contributed by atoms with van der Waals surface area (Å²) in [6.07, 6.45) is 0.282. The van der Waals surface area contributed by atoms with Gasteiger partial charge < -0.3 is 4.42 Å². The van der Waals surface area contributed by atoms with E-state index in [1.54, 1.807) is 32.2 Å². The van der Waals surface area contributed by atoms with E-state index in [9.17, 15) is 21.6 Å². The number of alkyl halides is 2. The first kappa shape index (κ1) is 21.4. The molecule has 7 nitrogen and oxygen atoms in total. The quantitative estimate of drug-likeness (QED) is 0.679. The summed E-state index contributed by atoms with van der Waals surface area (Å²) in [4.78, 5) is 3.80. The van der Waals surface area contributed by atoms with Crippen LogP contribution in [0.15, 0.2) is 47.1 Å². The summed E-state index contributed by atoms with van der Waals surface area (Å²) in [5, 5.41) is 6.67. The molecule has 11 heteroatoms. The van der Waals surface area contributed by atoms with Crippen LogP contribution in [-0.2, 0) is 10.0 Å². The number of nitrogens with one attached hydrogen (secondary N) is 1. The van der Waals surface area contributed by atoms with Gasteiger partial charge in [0.25, 0.3) is 5.89 Å². The highest BCUT2D eigenvalue weighted by atomic mass is 32.2. The van der Waals surface area contributed by atoms with E-state index in [1.807, 2.05) is 0 Å². The Morgan fingerprint density at radius 3 is 2.50 bits per heavy atom. The maximum Gasteiger partial charge on any atom is 0.314 e. The van der Waals surface area contributed by atoms with E-state index in [2.05, 4.69) is 19.9 Å².